The highest BCUT2D eigenvalue weighted by Crippen LogP contribution is 2.28. The Balaban J connectivity index is 1.35. The number of rotatable bonds is 10. The number of methoxy groups -OCH3 is 1. The number of piperidine rings is 1. The topological polar surface area (TPSA) is 75.2 Å². The number of carbonyl (C=O) groups is 2. The molecule has 2 aliphatic rings. The van der Waals surface area contributed by atoms with Gasteiger partial charge in [-0.25, -0.2) is 0 Å². The minimum Gasteiger partial charge on any atom is -0.493 e. The summed E-state index contributed by atoms with van der Waals surface area (Å²) in [5, 5.41) is 0. The molecule has 1 aromatic carbocycles. The van der Waals surface area contributed by atoms with E-state index in [-0.39, 0.29) is 11.8 Å². The fraction of sp³-hybridized carbons (Fsp3) is 0.581. The average Bonchev–Trinajstić information content (AvgIpc) is 2.97. The number of pyridine rings is 1. The molecule has 2 fully saturated rings. The van der Waals surface area contributed by atoms with Crippen LogP contribution in [-0.2, 0) is 16.1 Å². The van der Waals surface area contributed by atoms with Gasteiger partial charge >= 0.3 is 0 Å². The highest BCUT2D eigenvalue weighted by atomic mass is 16.5. The number of likely N-dealkylation sites (tertiary alicyclic amines) is 1. The molecule has 3 heterocycles. The van der Waals surface area contributed by atoms with Crippen molar-refractivity contribution in [2.24, 2.45) is 11.8 Å². The van der Waals surface area contributed by atoms with E-state index in [4.69, 9.17) is 9.47 Å². The number of likely N-dealkylation sites (N-methyl/N-ethyl adjacent to an activating group) is 1. The molecule has 2 amide bonds. The van der Waals surface area contributed by atoms with Gasteiger partial charge in [-0.15, -0.1) is 0 Å². The largest absolute Gasteiger partial charge is 0.493 e. The third-order valence-corrected chi connectivity index (χ3v) is 8.19. The maximum Gasteiger partial charge on any atom is 0.255 e. The van der Waals surface area contributed by atoms with Gasteiger partial charge < -0.3 is 24.2 Å². The van der Waals surface area contributed by atoms with Crippen molar-refractivity contribution < 1.29 is 19.1 Å². The third-order valence-electron chi connectivity index (χ3n) is 8.19. The zero-order valence-corrected chi connectivity index (χ0v) is 24.0. The Hall–Kier alpha value is -2.97. The van der Waals surface area contributed by atoms with Gasteiger partial charge in [0.2, 0.25) is 5.91 Å². The summed E-state index contributed by atoms with van der Waals surface area (Å²) in [6, 6.07) is 9.83. The Kier molecular flexibility index (Phi) is 10.3. The Morgan fingerprint density at radius 1 is 0.974 bits per heavy atom. The van der Waals surface area contributed by atoms with E-state index in [1.807, 2.05) is 34.1 Å². The SMILES string of the molecule is CCC(CC)C(=O)N1CCC(COc2ccc(-c3ccc(C(=O)N4CCN(C)CC4)cn3)cc2COC)CC1. The summed E-state index contributed by atoms with van der Waals surface area (Å²) in [4.78, 5) is 36.3. The minimum atomic E-state index is 0.0386. The molecule has 4 rings (SSSR count). The smallest absolute Gasteiger partial charge is 0.255 e. The second-order valence-corrected chi connectivity index (χ2v) is 10.9. The molecule has 0 saturated carbocycles. The standard InChI is InChI=1S/C31H44N4O4/c1-5-24(6-2)30(36)34-13-11-23(12-14-34)21-39-29-10-8-25(19-27(29)22-38-4)28-9-7-26(20-32-28)31(37)35-17-15-33(3)16-18-35/h7-10,19-20,23-24H,5-6,11-18,21-22H2,1-4H3. The molecule has 1 aromatic heterocycles. The number of carbonyl (C=O) groups excluding carboxylic acids is 2. The lowest BCUT2D eigenvalue weighted by molar-refractivity contribution is -0.137. The van der Waals surface area contributed by atoms with Gasteiger partial charge in [-0.05, 0) is 69.0 Å². The second kappa shape index (κ2) is 13.9. The summed E-state index contributed by atoms with van der Waals surface area (Å²) in [6.45, 7) is 10.2. The number of aromatic nitrogens is 1. The van der Waals surface area contributed by atoms with E-state index in [2.05, 4.69) is 36.8 Å². The highest BCUT2D eigenvalue weighted by molar-refractivity contribution is 5.94. The van der Waals surface area contributed by atoms with Gasteiger partial charge in [0, 0.05) is 69.6 Å². The first-order valence-electron chi connectivity index (χ1n) is 14.4. The summed E-state index contributed by atoms with van der Waals surface area (Å²) < 4.78 is 11.7. The Morgan fingerprint density at radius 2 is 1.69 bits per heavy atom. The normalized spacial score (nSPS) is 17.1. The van der Waals surface area contributed by atoms with Crippen LogP contribution in [0.4, 0.5) is 0 Å². The zero-order valence-electron chi connectivity index (χ0n) is 24.0. The van der Waals surface area contributed by atoms with Gasteiger partial charge in [-0.3, -0.25) is 14.6 Å². The Bertz CT molecular complexity index is 1090. The summed E-state index contributed by atoms with van der Waals surface area (Å²) in [6.07, 6.45) is 5.42. The molecular formula is C31H44N4O4. The van der Waals surface area contributed by atoms with Crippen molar-refractivity contribution in [1.29, 1.82) is 0 Å². The first-order valence-corrected chi connectivity index (χ1v) is 14.4. The van der Waals surface area contributed by atoms with Crippen molar-refractivity contribution in [3.63, 3.8) is 0 Å². The molecule has 2 aromatic rings. The molecule has 212 valence electrons. The van der Waals surface area contributed by atoms with Crippen LogP contribution in [0.3, 0.4) is 0 Å². The van der Waals surface area contributed by atoms with Crippen LogP contribution in [0.15, 0.2) is 36.5 Å². The minimum absolute atomic E-state index is 0.0386. The van der Waals surface area contributed by atoms with Gasteiger partial charge in [0.1, 0.15) is 5.75 Å². The molecule has 0 aliphatic carbocycles. The molecule has 39 heavy (non-hydrogen) atoms. The quantitative estimate of drug-likeness (QED) is 0.450. The molecule has 8 heteroatoms. The van der Waals surface area contributed by atoms with E-state index in [1.165, 1.54) is 0 Å². The fourth-order valence-corrected chi connectivity index (χ4v) is 5.45. The van der Waals surface area contributed by atoms with Crippen LogP contribution >= 0.6 is 0 Å². The third kappa shape index (κ3) is 7.37. The van der Waals surface area contributed by atoms with Crippen molar-refractivity contribution in [1.82, 2.24) is 19.7 Å². The van der Waals surface area contributed by atoms with Gasteiger partial charge in [0.25, 0.3) is 5.91 Å². The molecule has 2 aliphatic heterocycles. The van der Waals surface area contributed by atoms with Crippen LogP contribution in [0.1, 0.15) is 55.5 Å². The van der Waals surface area contributed by atoms with E-state index in [0.717, 1.165) is 87.5 Å². The molecule has 0 atom stereocenters. The monoisotopic (exact) mass is 536 g/mol. The molecule has 0 radical (unpaired) electrons. The molecule has 8 nitrogen and oxygen atoms in total. The first-order chi connectivity index (χ1) is 18.9. The maximum atomic E-state index is 12.9. The second-order valence-electron chi connectivity index (χ2n) is 10.9. The van der Waals surface area contributed by atoms with E-state index in [0.29, 0.717) is 30.6 Å². The molecule has 0 spiro atoms. The van der Waals surface area contributed by atoms with Crippen LogP contribution in [0.2, 0.25) is 0 Å². The van der Waals surface area contributed by atoms with Gasteiger partial charge in [0.05, 0.1) is 24.5 Å². The summed E-state index contributed by atoms with van der Waals surface area (Å²) in [5.74, 6) is 1.74. The van der Waals surface area contributed by atoms with Gasteiger partial charge in [0.15, 0.2) is 0 Å². The first kappa shape index (κ1) is 29.0. The summed E-state index contributed by atoms with van der Waals surface area (Å²) in [7, 11) is 3.76. The number of hydrogen-bond donors (Lipinski definition) is 0. The number of nitrogens with zero attached hydrogens (tertiary/aromatic N) is 4. The lowest BCUT2D eigenvalue weighted by atomic mass is 9.95. The number of piperazine rings is 1. The van der Waals surface area contributed by atoms with Gasteiger partial charge in [-0.2, -0.15) is 0 Å². The van der Waals surface area contributed by atoms with Crippen LogP contribution in [0, 0.1) is 11.8 Å². The van der Waals surface area contributed by atoms with E-state index < -0.39 is 0 Å². The van der Waals surface area contributed by atoms with E-state index >= 15 is 0 Å². The maximum absolute atomic E-state index is 12.9. The van der Waals surface area contributed by atoms with Crippen molar-refractivity contribution in [2.45, 2.75) is 46.1 Å². The molecule has 2 saturated heterocycles. The van der Waals surface area contributed by atoms with E-state index in [1.54, 1.807) is 13.3 Å². The van der Waals surface area contributed by atoms with Crippen LogP contribution < -0.4 is 4.74 Å². The highest BCUT2D eigenvalue weighted by Gasteiger charge is 2.27. The van der Waals surface area contributed by atoms with E-state index in [9.17, 15) is 9.59 Å². The Labute approximate surface area is 233 Å². The van der Waals surface area contributed by atoms with Crippen LogP contribution in [-0.4, -0.2) is 91.5 Å². The van der Waals surface area contributed by atoms with Gasteiger partial charge in [-0.1, -0.05) is 13.8 Å². The fourth-order valence-electron chi connectivity index (χ4n) is 5.45. The zero-order chi connectivity index (χ0) is 27.8. The predicted octanol–water partition coefficient (Wildman–Crippen LogP) is 4.34. The lowest BCUT2D eigenvalue weighted by Crippen LogP contribution is -2.47. The van der Waals surface area contributed by atoms with Crippen LogP contribution in [0.25, 0.3) is 11.3 Å². The predicted molar refractivity (Wildman–Crippen MR) is 153 cm³/mol. The number of hydrogen-bond acceptors (Lipinski definition) is 6. The van der Waals surface area contributed by atoms with Crippen molar-refractivity contribution >= 4 is 11.8 Å². The van der Waals surface area contributed by atoms with Crippen LogP contribution in [0.5, 0.6) is 5.75 Å². The van der Waals surface area contributed by atoms with Crippen molar-refractivity contribution in [3.8, 4) is 17.0 Å². The van der Waals surface area contributed by atoms with Crippen molar-refractivity contribution in [3.05, 3.63) is 47.7 Å². The number of benzene rings is 1. The molecule has 0 bridgehead atoms. The Morgan fingerprint density at radius 3 is 2.31 bits per heavy atom. The average molecular weight is 537 g/mol. The summed E-state index contributed by atoms with van der Waals surface area (Å²) in [5.41, 5.74) is 3.35. The molecule has 0 unspecified atom stereocenters. The molecule has 0 N–H and O–H groups in total. The number of amides is 2. The lowest BCUT2D eigenvalue weighted by Gasteiger charge is -2.34. The molecular weight excluding hydrogens is 492 g/mol. The number of ether oxygens (including phenoxy) is 2. The van der Waals surface area contributed by atoms with Crippen molar-refractivity contribution in [2.75, 3.05) is 60.0 Å². The summed E-state index contributed by atoms with van der Waals surface area (Å²) >= 11 is 0.